The van der Waals surface area contributed by atoms with Crippen LogP contribution in [-0.2, 0) is 10.0 Å². The van der Waals surface area contributed by atoms with E-state index in [2.05, 4.69) is 0 Å². The van der Waals surface area contributed by atoms with Crippen LogP contribution >= 0.6 is 11.6 Å². The minimum atomic E-state index is -3.74. The fourth-order valence-corrected chi connectivity index (χ4v) is 3.29. The Morgan fingerprint density at radius 1 is 1.17 bits per heavy atom. The summed E-state index contributed by atoms with van der Waals surface area (Å²) >= 11 is 5.64. The number of halogens is 2. The molecule has 0 fully saturated rings. The van der Waals surface area contributed by atoms with E-state index in [1.807, 2.05) is 31.2 Å². The Morgan fingerprint density at radius 2 is 1.83 bits per heavy atom. The summed E-state index contributed by atoms with van der Waals surface area (Å²) in [7, 11) is -2.30. The van der Waals surface area contributed by atoms with E-state index in [0.717, 1.165) is 22.0 Å². The maximum atomic E-state index is 13.1. The highest BCUT2D eigenvalue weighted by Gasteiger charge is 2.21. The van der Waals surface area contributed by atoms with Crippen molar-refractivity contribution in [1.82, 2.24) is 4.31 Å². The highest BCUT2D eigenvalue weighted by atomic mass is 35.5. The average Bonchev–Trinajstić information content (AvgIpc) is 2.51. The van der Waals surface area contributed by atoms with Gasteiger partial charge in [0, 0.05) is 13.6 Å². The molecule has 0 unspecified atom stereocenters. The van der Waals surface area contributed by atoms with Crippen molar-refractivity contribution in [3.05, 3.63) is 58.9 Å². The Hall–Kier alpha value is -1.63. The molecule has 0 atom stereocenters. The fourth-order valence-electron chi connectivity index (χ4n) is 1.86. The highest BCUT2D eigenvalue weighted by molar-refractivity contribution is 7.89. The minimum Gasteiger partial charge on any atom is -0.492 e. The van der Waals surface area contributed by atoms with Crippen molar-refractivity contribution < 1.29 is 17.5 Å². The van der Waals surface area contributed by atoms with Crippen molar-refractivity contribution in [3.8, 4) is 5.75 Å². The molecule has 2 aromatic rings. The number of likely N-dealkylation sites (N-methyl/N-ethyl adjacent to an activating group) is 1. The van der Waals surface area contributed by atoms with Gasteiger partial charge >= 0.3 is 0 Å². The van der Waals surface area contributed by atoms with E-state index in [1.54, 1.807) is 0 Å². The van der Waals surface area contributed by atoms with Gasteiger partial charge in [-0.25, -0.2) is 12.8 Å². The Balaban J connectivity index is 1.99. The molecular weight excluding hydrogens is 341 g/mol. The van der Waals surface area contributed by atoms with Gasteiger partial charge in [-0.15, -0.1) is 0 Å². The second-order valence-electron chi connectivity index (χ2n) is 5.06. The molecule has 23 heavy (non-hydrogen) atoms. The number of rotatable bonds is 6. The lowest BCUT2D eigenvalue weighted by atomic mass is 10.2. The van der Waals surface area contributed by atoms with Crippen molar-refractivity contribution in [1.29, 1.82) is 0 Å². The van der Waals surface area contributed by atoms with Gasteiger partial charge < -0.3 is 4.74 Å². The van der Waals surface area contributed by atoms with Crippen molar-refractivity contribution in [3.63, 3.8) is 0 Å². The molecule has 0 aliphatic heterocycles. The van der Waals surface area contributed by atoms with Gasteiger partial charge in [0.05, 0.1) is 9.92 Å². The molecular formula is C16H17ClFNO3S. The average molecular weight is 358 g/mol. The molecule has 0 bridgehead atoms. The fraction of sp³-hybridized carbons (Fsp3) is 0.250. The van der Waals surface area contributed by atoms with E-state index in [4.69, 9.17) is 16.3 Å². The monoisotopic (exact) mass is 357 g/mol. The van der Waals surface area contributed by atoms with E-state index in [1.165, 1.54) is 13.1 Å². The zero-order valence-corrected chi connectivity index (χ0v) is 14.4. The molecule has 0 saturated carbocycles. The summed E-state index contributed by atoms with van der Waals surface area (Å²) in [5, 5.41) is -0.226. The SMILES string of the molecule is Cc1ccc(OCCN(C)S(=O)(=O)c2ccc(F)c(Cl)c2)cc1. The summed E-state index contributed by atoms with van der Waals surface area (Å²) in [5.41, 5.74) is 1.12. The Kier molecular flexibility index (Phi) is 5.62. The summed E-state index contributed by atoms with van der Waals surface area (Å²) in [4.78, 5) is -0.0539. The number of ether oxygens (including phenoxy) is 1. The summed E-state index contributed by atoms with van der Waals surface area (Å²) in [6.45, 7) is 2.33. The zero-order chi connectivity index (χ0) is 17.0. The van der Waals surface area contributed by atoms with Gasteiger partial charge in [0.15, 0.2) is 0 Å². The van der Waals surface area contributed by atoms with Gasteiger partial charge in [0.2, 0.25) is 10.0 Å². The third-order valence-corrected chi connectivity index (χ3v) is 5.44. The molecule has 0 N–H and O–H groups in total. The second kappa shape index (κ2) is 7.29. The lowest BCUT2D eigenvalue weighted by Crippen LogP contribution is -2.31. The molecule has 0 aliphatic rings. The van der Waals surface area contributed by atoms with Crippen LogP contribution in [-0.4, -0.2) is 32.9 Å². The molecule has 0 heterocycles. The normalized spacial score (nSPS) is 11.7. The van der Waals surface area contributed by atoms with Crippen LogP contribution in [0.25, 0.3) is 0 Å². The first-order valence-corrected chi connectivity index (χ1v) is 8.73. The van der Waals surface area contributed by atoms with Crippen molar-refractivity contribution in [2.45, 2.75) is 11.8 Å². The first-order valence-electron chi connectivity index (χ1n) is 6.91. The van der Waals surface area contributed by atoms with Crippen LogP contribution in [0.3, 0.4) is 0 Å². The summed E-state index contributed by atoms with van der Waals surface area (Å²) in [5.74, 6) is 0.0159. The van der Waals surface area contributed by atoms with Crippen molar-refractivity contribution in [2.24, 2.45) is 0 Å². The van der Waals surface area contributed by atoms with Crippen molar-refractivity contribution in [2.75, 3.05) is 20.2 Å². The summed E-state index contributed by atoms with van der Waals surface area (Å²) < 4.78 is 44.5. The largest absolute Gasteiger partial charge is 0.492 e. The number of hydrogen-bond acceptors (Lipinski definition) is 3. The quantitative estimate of drug-likeness (QED) is 0.795. The van der Waals surface area contributed by atoms with Crippen LogP contribution in [0, 0.1) is 12.7 Å². The first-order chi connectivity index (χ1) is 10.8. The van der Waals surface area contributed by atoms with E-state index in [0.29, 0.717) is 5.75 Å². The first kappa shape index (κ1) is 17.7. The molecule has 124 valence electrons. The van der Waals surface area contributed by atoms with Crippen LogP contribution in [0.1, 0.15) is 5.56 Å². The van der Waals surface area contributed by atoms with Gasteiger partial charge in [-0.1, -0.05) is 29.3 Å². The molecule has 7 heteroatoms. The number of aryl methyl sites for hydroxylation is 1. The smallest absolute Gasteiger partial charge is 0.242 e. The van der Waals surface area contributed by atoms with Gasteiger partial charge in [0.1, 0.15) is 18.2 Å². The molecule has 0 aromatic heterocycles. The third kappa shape index (κ3) is 4.43. The third-order valence-electron chi connectivity index (χ3n) is 3.30. The van der Waals surface area contributed by atoms with Gasteiger partial charge in [-0.3, -0.25) is 0 Å². The number of nitrogens with zero attached hydrogens (tertiary/aromatic N) is 1. The molecule has 2 aromatic carbocycles. The van der Waals surface area contributed by atoms with E-state index >= 15 is 0 Å². The Morgan fingerprint density at radius 3 is 2.43 bits per heavy atom. The molecule has 2 rings (SSSR count). The van der Waals surface area contributed by atoms with Crippen molar-refractivity contribution >= 4 is 21.6 Å². The molecule has 0 radical (unpaired) electrons. The number of hydrogen-bond donors (Lipinski definition) is 0. The van der Waals surface area contributed by atoms with Crippen LogP contribution in [0.15, 0.2) is 47.4 Å². The van der Waals surface area contributed by atoms with E-state index in [-0.39, 0.29) is 23.1 Å². The summed E-state index contributed by atoms with van der Waals surface area (Å²) in [6, 6.07) is 10.8. The number of sulfonamides is 1. The predicted octanol–water partition coefficient (Wildman–Crippen LogP) is 3.49. The molecule has 0 spiro atoms. The molecule has 0 saturated heterocycles. The van der Waals surface area contributed by atoms with Gasteiger partial charge in [-0.05, 0) is 37.3 Å². The lowest BCUT2D eigenvalue weighted by Gasteiger charge is -2.17. The minimum absolute atomic E-state index is 0.0539. The van der Waals surface area contributed by atoms with Crippen LogP contribution in [0.2, 0.25) is 5.02 Å². The maximum Gasteiger partial charge on any atom is 0.242 e. The molecule has 0 aliphatic carbocycles. The Labute approximate surface area is 140 Å². The molecule has 4 nitrogen and oxygen atoms in total. The van der Waals surface area contributed by atoms with Crippen LogP contribution in [0.5, 0.6) is 5.75 Å². The topological polar surface area (TPSA) is 46.6 Å². The van der Waals surface area contributed by atoms with Gasteiger partial charge in [0.25, 0.3) is 0 Å². The maximum absolute atomic E-state index is 13.1. The second-order valence-corrected chi connectivity index (χ2v) is 7.52. The van der Waals surface area contributed by atoms with E-state index in [9.17, 15) is 12.8 Å². The highest BCUT2D eigenvalue weighted by Crippen LogP contribution is 2.21. The lowest BCUT2D eigenvalue weighted by molar-refractivity contribution is 0.287. The predicted molar refractivity (Wildman–Crippen MR) is 87.9 cm³/mol. The van der Waals surface area contributed by atoms with Crippen LogP contribution in [0.4, 0.5) is 4.39 Å². The Bertz CT molecular complexity index is 778. The van der Waals surface area contributed by atoms with E-state index < -0.39 is 15.8 Å². The molecule has 0 amide bonds. The standard InChI is InChI=1S/C16H17ClFNO3S/c1-12-3-5-13(6-4-12)22-10-9-19(2)23(20,21)14-7-8-16(18)15(17)11-14/h3-8,11H,9-10H2,1-2H3. The van der Waals surface area contributed by atoms with Crippen LogP contribution < -0.4 is 4.74 Å². The zero-order valence-electron chi connectivity index (χ0n) is 12.8. The summed E-state index contributed by atoms with van der Waals surface area (Å²) in [6.07, 6.45) is 0. The van der Waals surface area contributed by atoms with Gasteiger partial charge in [-0.2, -0.15) is 4.31 Å². The number of benzene rings is 2.